The zero-order valence-electron chi connectivity index (χ0n) is 14.8. The summed E-state index contributed by atoms with van der Waals surface area (Å²) < 4.78 is 1.67. The van der Waals surface area contributed by atoms with Crippen molar-refractivity contribution in [3.63, 3.8) is 0 Å². The molecule has 1 aromatic heterocycles. The van der Waals surface area contributed by atoms with Crippen molar-refractivity contribution in [1.82, 2.24) is 15.1 Å². The lowest BCUT2D eigenvalue weighted by atomic mass is 9.97. The van der Waals surface area contributed by atoms with Crippen LogP contribution in [0.25, 0.3) is 0 Å². The molecule has 2 aromatic rings. The molecule has 0 unspecified atom stereocenters. The second kappa shape index (κ2) is 6.40. The lowest BCUT2D eigenvalue weighted by molar-refractivity contribution is 0.102. The molecule has 5 nitrogen and oxygen atoms in total. The number of hydrogen-bond acceptors (Lipinski definition) is 3. The molecule has 1 aliphatic carbocycles. The van der Waals surface area contributed by atoms with E-state index in [2.05, 4.69) is 42.6 Å². The minimum Gasteiger partial charge on any atom is -0.319 e. The number of nitrogens with zero attached hydrogens (tertiary/aromatic N) is 2. The number of nitrogens with one attached hydrogen (secondary N) is 2. The minimum absolute atomic E-state index is 0.0929. The number of rotatable bonds is 5. The van der Waals surface area contributed by atoms with E-state index in [4.69, 9.17) is 0 Å². The average Bonchev–Trinajstić information content (AvgIpc) is 3.20. The molecule has 1 heterocycles. The summed E-state index contributed by atoms with van der Waals surface area (Å²) in [6.45, 7) is 7.72. The lowest BCUT2D eigenvalue weighted by Crippen LogP contribution is -2.29. The van der Waals surface area contributed by atoms with Crippen molar-refractivity contribution in [2.75, 3.05) is 11.9 Å². The Morgan fingerprint density at radius 2 is 2.17 bits per heavy atom. The highest BCUT2D eigenvalue weighted by Crippen LogP contribution is 2.41. The van der Waals surface area contributed by atoms with Gasteiger partial charge in [-0.15, -0.1) is 0 Å². The van der Waals surface area contributed by atoms with E-state index < -0.39 is 0 Å². The summed E-state index contributed by atoms with van der Waals surface area (Å²) in [4.78, 5) is 12.4. The third-order valence-corrected chi connectivity index (χ3v) is 4.22. The molecule has 24 heavy (non-hydrogen) atoms. The summed E-state index contributed by atoms with van der Waals surface area (Å²) in [5, 5.41) is 10.6. The zero-order valence-corrected chi connectivity index (χ0v) is 14.8. The second-order valence-corrected chi connectivity index (χ2v) is 7.87. The van der Waals surface area contributed by atoms with Crippen LogP contribution in [0.15, 0.2) is 36.7 Å². The number of anilines is 1. The van der Waals surface area contributed by atoms with E-state index >= 15 is 0 Å². The van der Waals surface area contributed by atoms with Gasteiger partial charge in [-0.05, 0) is 29.5 Å². The first-order chi connectivity index (χ1) is 11.3. The van der Waals surface area contributed by atoms with Crippen LogP contribution in [0.2, 0.25) is 0 Å². The maximum absolute atomic E-state index is 12.4. The molecule has 1 aliphatic rings. The Hall–Kier alpha value is -2.14. The number of carbonyl (C=O) groups is 1. The first-order valence-corrected chi connectivity index (χ1v) is 8.45. The smallest absolute Gasteiger partial charge is 0.255 e. The quantitative estimate of drug-likeness (QED) is 0.887. The summed E-state index contributed by atoms with van der Waals surface area (Å²) in [6.07, 6.45) is 4.58. The molecule has 0 spiro atoms. The van der Waals surface area contributed by atoms with Gasteiger partial charge < -0.3 is 10.6 Å². The molecule has 0 bridgehead atoms. The van der Waals surface area contributed by atoms with Crippen LogP contribution in [-0.2, 0) is 7.05 Å². The van der Waals surface area contributed by atoms with E-state index in [-0.39, 0.29) is 5.91 Å². The lowest BCUT2D eigenvalue weighted by Gasteiger charge is -2.18. The predicted octanol–water partition coefficient (Wildman–Crippen LogP) is 3.16. The van der Waals surface area contributed by atoms with Crippen molar-refractivity contribution in [3.8, 4) is 0 Å². The SMILES string of the molecule is Cn1cc(NC(=O)c2cccc([C@@H]3C[C@H]3NCC(C)(C)C)c2)cn1. The summed E-state index contributed by atoms with van der Waals surface area (Å²) in [5.41, 5.74) is 2.93. The Balaban J connectivity index is 1.61. The molecule has 3 rings (SSSR count). The number of carbonyl (C=O) groups excluding carboxylic acids is 1. The van der Waals surface area contributed by atoms with Crippen LogP contribution < -0.4 is 10.6 Å². The van der Waals surface area contributed by atoms with E-state index in [0.717, 1.165) is 13.0 Å². The Kier molecular flexibility index (Phi) is 4.45. The molecule has 1 fully saturated rings. The van der Waals surface area contributed by atoms with Gasteiger partial charge in [-0.2, -0.15) is 5.10 Å². The van der Waals surface area contributed by atoms with Gasteiger partial charge in [-0.3, -0.25) is 9.48 Å². The highest BCUT2D eigenvalue weighted by atomic mass is 16.1. The van der Waals surface area contributed by atoms with Gasteiger partial charge in [0.25, 0.3) is 5.91 Å². The maximum Gasteiger partial charge on any atom is 0.255 e. The average molecular weight is 326 g/mol. The van der Waals surface area contributed by atoms with Gasteiger partial charge in [-0.1, -0.05) is 32.9 Å². The largest absolute Gasteiger partial charge is 0.319 e. The third-order valence-electron chi connectivity index (χ3n) is 4.22. The fraction of sp³-hybridized carbons (Fsp3) is 0.474. The fourth-order valence-corrected chi connectivity index (χ4v) is 2.83. The molecule has 1 amide bonds. The molecule has 0 radical (unpaired) electrons. The van der Waals surface area contributed by atoms with Crippen molar-refractivity contribution < 1.29 is 4.79 Å². The molecular formula is C19H26N4O. The number of benzene rings is 1. The van der Waals surface area contributed by atoms with Crippen LogP contribution in [0.3, 0.4) is 0 Å². The van der Waals surface area contributed by atoms with E-state index in [1.807, 2.05) is 25.2 Å². The zero-order chi connectivity index (χ0) is 17.3. The van der Waals surface area contributed by atoms with Gasteiger partial charge in [0.15, 0.2) is 0 Å². The van der Waals surface area contributed by atoms with Crippen molar-refractivity contribution in [3.05, 3.63) is 47.8 Å². The highest BCUT2D eigenvalue weighted by Gasteiger charge is 2.38. The molecule has 2 atom stereocenters. The first kappa shape index (κ1) is 16.7. The van der Waals surface area contributed by atoms with Crippen LogP contribution >= 0.6 is 0 Å². The predicted molar refractivity (Wildman–Crippen MR) is 96.2 cm³/mol. The van der Waals surface area contributed by atoms with E-state index in [1.54, 1.807) is 17.1 Å². The van der Waals surface area contributed by atoms with Crippen LogP contribution in [0.4, 0.5) is 5.69 Å². The Morgan fingerprint density at radius 1 is 1.38 bits per heavy atom. The van der Waals surface area contributed by atoms with Gasteiger partial charge in [0.1, 0.15) is 0 Å². The van der Waals surface area contributed by atoms with Gasteiger partial charge in [0.05, 0.1) is 11.9 Å². The van der Waals surface area contributed by atoms with Crippen molar-refractivity contribution >= 4 is 11.6 Å². The third kappa shape index (κ3) is 4.23. The Morgan fingerprint density at radius 3 is 2.83 bits per heavy atom. The van der Waals surface area contributed by atoms with Crippen LogP contribution in [0, 0.1) is 5.41 Å². The summed E-state index contributed by atoms with van der Waals surface area (Å²) in [5.74, 6) is 0.420. The summed E-state index contributed by atoms with van der Waals surface area (Å²) in [7, 11) is 1.83. The molecule has 0 aliphatic heterocycles. The van der Waals surface area contributed by atoms with Crippen molar-refractivity contribution in [1.29, 1.82) is 0 Å². The number of aryl methyl sites for hydroxylation is 1. The molecule has 2 N–H and O–H groups in total. The maximum atomic E-state index is 12.4. The van der Waals surface area contributed by atoms with E-state index in [9.17, 15) is 4.79 Å². The summed E-state index contributed by atoms with van der Waals surface area (Å²) >= 11 is 0. The van der Waals surface area contributed by atoms with Gasteiger partial charge in [0.2, 0.25) is 0 Å². The van der Waals surface area contributed by atoms with Crippen LogP contribution in [-0.4, -0.2) is 28.3 Å². The van der Waals surface area contributed by atoms with E-state index in [0.29, 0.717) is 28.6 Å². The standard InChI is InChI=1S/C19H26N4O/c1-19(2,3)12-20-17-9-16(17)13-6-5-7-14(8-13)18(24)22-15-10-21-23(4)11-15/h5-8,10-11,16-17,20H,9,12H2,1-4H3,(H,22,24)/t16-,17+/m0/s1. The highest BCUT2D eigenvalue weighted by molar-refractivity contribution is 6.04. The first-order valence-electron chi connectivity index (χ1n) is 8.45. The van der Waals surface area contributed by atoms with Gasteiger partial charge >= 0.3 is 0 Å². The minimum atomic E-state index is -0.0929. The van der Waals surface area contributed by atoms with Crippen LogP contribution in [0.1, 0.15) is 49.0 Å². The fourth-order valence-electron chi connectivity index (χ4n) is 2.83. The number of aromatic nitrogens is 2. The van der Waals surface area contributed by atoms with Crippen LogP contribution in [0.5, 0.6) is 0 Å². The molecule has 0 saturated heterocycles. The number of hydrogen-bond donors (Lipinski definition) is 2. The van der Waals surface area contributed by atoms with Gasteiger partial charge in [-0.25, -0.2) is 0 Å². The van der Waals surface area contributed by atoms with E-state index in [1.165, 1.54) is 5.56 Å². The summed E-state index contributed by atoms with van der Waals surface area (Å²) in [6, 6.07) is 8.47. The molecule has 1 aromatic carbocycles. The van der Waals surface area contributed by atoms with Gasteiger partial charge in [0, 0.05) is 37.3 Å². The normalized spacial score (nSPS) is 20.0. The Bertz CT molecular complexity index is 729. The topological polar surface area (TPSA) is 59.0 Å². The Labute approximate surface area is 143 Å². The molecular weight excluding hydrogens is 300 g/mol. The van der Waals surface area contributed by atoms with Crippen molar-refractivity contribution in [2.45, 2.75) is 39.2 Å². The molecule has 128 valence electrons. The molecule has 1 saturated carbocycles. The monoisotopic (exact) mass is 326 g/mol. The molecule has 5 heteroatoms. The second-order valence-electron chi connectivity index (χ2n) is 7.87. The number of amides is 1. The van der Waals surface area contributed by atoms with Crippen molar-refractivity contribution in [2.24, 2.45) is 12.5 Å².